The highest BCUT2D eigenvalue weighted by molar-refractivity contribution is 5.73. The number of aliphatic hydroxyl groups is 1. The second-order valence-corrected chi connectivity index (χ2v) is 5.71. The molecule has 1 aliphatic heterocycles. The number of hydrogen-bond acceptors (Lipinski definition) is 4. The van der Waals surface area contributed by atoms with Crippen molar-refractivity contribution in [3.63, 3.8) is 0 Å². The van der Waals surface area contributed by atoms with Crippen LogP contribution in [0.25, 0.3) is 0 Å². The first kappa shape index (κ1) is 15.9. The summed E-state index contributed by atoms with van der Waals surface area (Å²) in [5, 5.41) is 10.0. The van der Waals surface area contributed by atoms with Crippen molar-refractivity contribution >= 4 is 5.91 Å². The Morgan fingerprint density at radius 3 is 2.52 bits per heavy atom. The van der Waals surface area contributed by atoms with Crippen LogP contribution in [-0.2, 0) is 17.8 Å². The first-order valence-corrected chi connectivity index (χ1v) is 7.52. The number of nitrogens with zero attached hydrogens (tertiary/aromatic N) is 2. The monoisotopic (exact) mass is 291 g/mol. The second-order valence-electron chi connectivity index (χ2n) is 5.71. The van der Waals surface area contributed by atoms with Gasteiger partial charge in [0.2, 0.25) is 5.91 Å². The number of benzene rings is 1. The van der Waals surface area contributed by atoms with Crippen molar-refractivity contribution in [1.82, 2.24) is 9.80 Å². The van der Waals surface area contributed by atoms with Gasteiger partial charge in [0, 0.05) is 39.6 Å². The topological polar surface area (TPSA) is 69.8 Å². The molecule has 2 rings (SSSR count). The van der Waals surface area contributed by atoms with Crippen LogP contribution in [0.1, 0.15) is 18.1 Å². The predicted octanol–water partition coefficient (Wildman–Crippen LogP) is 0.213. The molecule has 1 fully saturated rings. The van der Waals surface area contributed by atoms with E-state index >= 15 is 0 Å². The number of carbonyl (C=O) groups excluding carboxylic acids is 1. The molecule has 0 saturated carbocycles. The summed E-state index contributed by atoms with van der Waals surface area (Å²) in [6.07, 6.45) is 0.420. The van der Waals surface area contributed by atoms with Crippen LogP contribution in [0, 0.1) is 0 Å². The number of carbonyl (C=O) groups is 1. The van der Waals surface area contributed by atoms with Gasteiger partial charge in [-0.05, 0) is 24.1 Å². The molecular formula is C16H25N3O2. The highest BCUT2D eigenvalue weighted by Crippen LogP contribution is 2.11. The maximum absolute atomic E-state index is 11.4. The fraction of sp³-hybridized carbons (Fsp3) is 0.562. The Kier molecular flexibility index (Phi) is 5.73. The SMILES string of the molecule is CC(=O)N1CCN(Cc2ccc(CCN)cc2)C[C@H](O)C1. The number of aliphatic hydroxyl groups excluding tert-OH is 1. The van der Waals surface area contributed by atoms with E-state index in [4.69, 9.17) is 5.73 Å². The van der Waals surface area contributed by atoms with Gasteiger partial charge in [-0.2, -0.15) is 0 Å². The summed E-state index contributed by atoms with van der Waals surface area (Å²) in [4.78, 5) is 15.4. The first-order valence-electron chi connectivity index (χ1n) is 7.52. The molecule has 3 N–H and O–H groups in total. The highest BCUT2D eigenvalue weighted by atomic mass is 16.3. The van der Waals surface area contributed by atoms with Gasteiger partial charge in [-0.15, -0.1) is 0 Å². The van der Waals surface area contributed by atoms with E-state index in [0.717, 1.165) is 19.5 Å². The molecule has 0 aromatic heterocycles. The van der Waals surface area contributed by atoms with Gasteiger partial charge in [-0.3, -0.25) is 9.69 Å². The van der Waals surface area contributed by atoms with Gasteiger partial charge < -0.3 is 15.7 Å². The van der Waals surface area contributed by atoms with Crippen LogP contribution in [0.4, 0.5) is 0 Å². The molecule has 116 valence electrons. The third kappa shape index (κ3) is 4.81. The number of rotatable bonds is 4. The zero-order valence-electron chi connectivity index (χ0n) is 12.7. The normalized spacial score (nSPS) is 20.3. The molecule has 1 heterocycles. The van der Waals surface area contributed by atoms with E-state index in [1.165, 1.54) is 11.1 Å². The molecule has 1 saturated heterocycles. The zero-order valence-corrected chi connectivity index (χ0v) is 12.7. The van der Waals surface area contributed by atoms with Crippen molar-refractivity contribution in [2.45, 2.75) is 26.0 Å². The van der Waals surface area contributed by atoms with E-state index in [-0.39, 0.29) is 5.91 Å². The van der Waals surface area contributed by atoms with Gasteiger partial charge in [-0.25, -0.2) is 0 Å². The minimum Gasteiger partial charge on any atom is -0.390 e. The van der Waals surface area contributed by atoms with Crippen LogP contribution in [0.3, 0.4) is 0 Å². The van der Waals surface area contributed by atoms with Crippen LogP contribution in [-0.4, -0.2) is 59.6 Å². The van der Waals surface area contributed by atoms with Crippen molar-refractivity contribution in [3.8, 4) is 0 Å². The van der Waals surface area contributed by atoms with Gasteiger partial charge in [0.1, 0.15) is 0 Å². The smallest absolute Gasteiger partial charge is 0.219 e. The summed E-state index contributed by atoms with van der Waals surface area (Å²) in [5.41, 5.74) is 8.02. The molecular weight excluding hydrogens is 266 g/mol. The lowest BCUT2D eigenvalue weighted by Crippen LogP contribution is -2.36. The van der Waals surface area contributed by atoms with E-state index < -0.39 is 6.10 Å². The van der Waals surface area contributed by atoms with Crippen molar-refractivity contribution in [1.29, 1.82) is 0 Å². The molecule has 0 aliphatic carbocycles. The summed E-state index contributed by atoms with van der Waals surface area (Å²) in [6.45, 7) is 5.53. The second kappa shape index (κ2) is 7.54. The quantitative estimate of drug-likeness (QED) is 0.832. The van der Waals surface area contributed by atoms with E-state index in [0.29, 0.717) is 26.2 Å². The Bertz CT molecular complexity index is 461. The minimum absolute atomic E-state index is 0.0297. The Labute approximate surface area is 126 Å². The van der Waals surface area contributed by atoms with Crippen molar-refractivity contribution in [2.75, 3.05) is 32.7 Å². The van der Waals surface area contributed by atoms with Gasteiger partial charge in [0.05, 0.1) is 6.10 Å². The number of nitrogens with two attached hydrogens (primary N) is 1. The molecule has 21 heavy (non-hydrogen) atoms. The molecule has 5 heteroatoms. The van der Waals surface area contributed by atoms with Crippen molar-refractivity contribution in [3.05, 3.63) is 35.4 Å². The Morgan fingerprint density at radius 1 is 1.24 bits per heavy atom. The maximum atomic E-state index is 11.4. The molecule has 1 amide bonds. The molecule has 1 aromatic rings. The fourth-order valence-electron chi connectivity index (χ4n) is 2.72. The average Bonchev–Trinajstić information content (AvgIpc) is 2.63. The zero-order chi connectivity index (χ0) is 15.2. The average molecular weight is 291 g/mol. The van der Waals surface area contributed by atoms with E-state index in [1.54, 1.807) is 11.8 Å². The van der Waals surface area contributed by atoms with E-state index in [2.05, 4.69) is 29.2 Å². The molecule has 1 aromatic carbocycles. The Balaban J connectivity index is 1.94. The molecule has 0 radical (unpaired) electrons. The lowest BCUT2D eigenvalue weighted by molar-refractivity contribution is -0.129. The van der Waals surface area contributed by atoms with Crippen LogP contribution in [0.15, 0.2) is 24.3 Å². The Morgan fingerprint density at radius 2 is 1.90 bits per heavy atom. The summed E-state index contributed by atoms with van der Waals surface area (Å²) in [6, 6.07) is 8.45. The first-order chi connectivity index (χ1) is 10.1. The third-order valence-corrected chi connectivity index (χ3v) is 3.89. The molecule has 0 unspecified atom stereocenters. The summed E-state index contributed by atoms with van der Waals surface area (Å²) in [5.74, 6) is 0.0297. The van der Waals surface area contributed by atoms with E-state index in [1.807, 2.05) is 0 Å². The van der Waals surface area contributed by atoms with Crippen molar-refractivity contribution in [2.24, 2.45) is 5.73 Å². The van der Waals surface area contributed by atoms with Crippen LogP contribution in [0.2, 0.25) is 0 Å². The lowest BCUT2D eigenvalue weighted by Gasteiger charge is -2.21. The summed E-state index contributed by atoms with van der Waals surface area (Å²) < 4.78 is 0. The van der Waals surface area contributed by atoms with Crippen LogP contribution >= 0.6 is 0 Å². The summed E-state index contributed by atoms with van der Waals surface area (Å²) >= 11 is 0. The van der Waals surface area contributed by atoms with Crippen LogP contribution < -0.4 is 5.73 Å². The summed E-state index contributed by atoms with van der Waals surface area (Å²) in [7, 11) is 0. The Hall–Kier alpha value is -1.43. The number of amides is 1. The molecule has 0 bridgehead atoms. The number of β-amino-alcohol motifs (C(OH)–C–C–N with tert-alkyl or cyclic N) is 1. The van der Waals surface area contributed by atoms with Crippen LogP contribution in [0.5, 0.6) is 0 Å². The van der Waals surface area contributed by atoms with Gasteiger partial charge in [0.15, 0.2) is 0 Å². The standard InChI is InChI=1S/C16H25N3O2/c1-13(20)19-9-8-18(11-16(21)12-19)10-15-4-2-14(3-5-15)6-7-17/h2-5,16,21H,6-12,17H2,1H3/t16-/m0/s1. The molecule has 1 atom stereocenters. The lowest BCUT2D eigenvalue weighted by atomic mass is 10.1. The molecule has 5 nitrogen and oxygen atoms in total. The largest absolute Gasteiger partial charge is 0.390 e. The van der Waals surface area contributed by atoms with E-state index in [9.17, 15) is 9.90 Å². The minimum atomic E-state index is -0.479. The fourth-order valence-corrected chi connectivity index (χ4v) is 2.72. The maximum Gasteiger partial charge on any atom is 0.219 e. The number of hydrogen-bond donors (Lipinski definition) is 2. The third-order valence-electron chi connectivity index (χ3n) is 3.89. The van der Waals surface area contributed by atoms with Crippen molar-refractivity contribution < 1.29 is 9.90 Å². The predicted molar refractivity (Wildman–Crippen MR) is 82.7 cm³/mol. The van der Waals surface area contributed by atoms with Gasteiger partial charge >= 0.3 is 0 Å². The van der Waals surface area contributed by atoms with Gasteiger partial charge in [-0.1, -0.05) is 24.3 Å². The molecule has 0 spiro atoms. The van der Waals surface area contributed by atoms with Gasteiger partial charge in [0.25, 0.3) is 0 Å². The molecule has 1 aliphatic rings. The highest BCUT2D eigenvalue weighted by Gasteiger charge is 2.22.